The third kappa shape index (κ3) is 1.53. The van der Waals surface area contributed by atoms with Gasteiger partial charge in [0.25, 0.3) is 5.91 Å². The summed E-state index contributed by atoms with van der Waals surface area (Å²) >= 11 is 0. The number of nitrogens with two attached hydrogens (primary N) is 1. The molecule has 0 fully saturated rings. The Balaban J connectivity index is 1.84. The van der Waals surface area contributed by atoms with Gasteiger partial charge in [-0.2, -0.15) is 5.10 Å². The van der Waals surface area contributed by atoms with E-state index in [1.165, 1.54) is 6.20 Å². The molecule has 0 bridgehead atoms. The van der Waals surface area contributed by atoms with Crippen LogP contribution in [0.1, 0.15) is 16.2 Å². The van der Waals surface area contributed by atoms with Crippen LogP contribution in [0.2, 0.25) is 0 Å². The monoisotopic (exact) mass is 233 g/mol. The van der Waals surface area contributed by atoms with Gasteiger partial charge in [-0.3, -0.25) is 9.89 Å². The summed E-state index contributed by atoms with van der Waals surface area (Å²) in [5.74, 6) is 0.944. The minimum atomic E-state index is -0.134. The number of hydrogen-bond acceptors (Lipinski definition) is 5. The zero-order valence-corrected chi connectivity index (χ0v) is 9.00. The number of carbonyl (C=O) groups is 1. The molecule has 8 nitrogen and oxygen atoms in total. The molecule has 8 heteroatoms. The first-order valence-electron chi connectivity index (χ1n) is 5.20. The van der Waals surface area contributed by atoms with Crippen molar-refractivity contribution >= 4 is 11.7 Å². The Labute approximate surface area is 96.4 Å². The van der Waals surface area contributed by atoms with Crippen molar-refractivity contribution in [3.8, 4) is 0 Å². The van der Waals surface area contributed by atoms with Gasteiger partial charge in [0.15, 0.2) is 5.82 Å². The Morgan fingerprint density at radius 2 is 2.35 bits per heavy atom. The van der Waals surface area contributed by atoms with E-state index in [9.17, 15) is 4.79 Å². The van der Waals surface area contributed by atoms with Crippen LogP contribution in [0.3, 0.4) is 0 Å². The van der Waals surface area contributed by atoms with Crippen LogP contribution >= 0.6 is 0 Å². The molecule has 1 aliphatic heterocycles. The van der Waals surface area contributed by atoms with Crippen molar-refractivity contribution in [2.75, 3.05) is 12.3 Å². The molecule has 3 heterocycles. The summed E-state index contributed by atoms with van der Waals surface area (Å²) < 4.78 is 1.93. The van der Waals surface area contributed by atoms with Crippen LogP contribution in [-0.4, -0.2) is 42.3 Å². The quantitative estimate of drug-likeness (QED) is 0.673. The van der Waals surface area contributed by atoms with Crippen LogP contribution in [0, 0.1) is 0 Å². The molecule has 0 radical (unpaired) electrons. The number of nitrogens with one attached hydrogen (secondary N) is 1. The minimum Gasteiger partial charge on any atom is -0.383 e. The number of H-pyrrole nitrogens is 1. The number of nitrogens with zero attached hydrogens (tertiary/aromatic N) is 5. The molecule has 0 aliphatic carbocycles. The third-order valence-corrected chi connectivity index (χ3v) is 2.83. The highest BCUT2D eigenvalue weighted by Gasteiger charge is 2.24. The molecule has 88 valence electrons. The normalized spacial score (nSPS) is 14.7. The predicted molar refractivity (Wildman–Crippen MR) is 57.8 cm³/mol. The Morgan fingerprint density at radius 1 is 1.47 bits per heavy atom. The SMILES string of the molecule is Nc1[nH]ncc1C(=O)N1CCn2cnnc2C1. The number of amides is 1. The molecular weight excluding hydrogens is 222 g/mol. The summed E-state index contributed by atoms with van der Waals surface area (Å²) in [5.41, 5.74) is 6.02. The number of rotatable bonds is 1. The van der Waals surface area contributed by atoms with E-state index in [1.54, 1.807) is 11.2 Å². The largest absolute Gasteiger partial charge is 0.383 e. The second-order valence-electron chi connectivity index (χ2n) is 3.86. The standard InChI is InChI=1S/C9H11N7O/c10-8-6(3-11-14-8)9(17)15-1-2-16-5-12-13-7(16)4-15/h3,5H,1-2,4H2,(H3,10,11,14). The van der Waals surface area contributed by atoms with Crippen molar-refractivity contribution in [3.05, 3.63) is 23.9 Å². The third-order valence-electron chi connectivity index (χ3n) is 2.83. The molecule has 17 heavy (non-hydrogen) atoms. The number of aromatic amines is 1. The van der Waals surface area contributed by atoms with Gasteiger partial charge in [-0.25, -0.2) is 0 Å². The van der Waals surface area contributed by atoms with Gasteiger partial charge in [0, 0.05) is 13.1 Å². The summed E-state index contributed by atoms with van der Waals surface area (Å²) in [6.07, 6.45) is 3.11. The molecule has 0 aromatic carbocycles. The van der Waals surface area contributed by atoms with Gasteiger partial charge in [-0.1, -0.05) is 0 Å². The molecule has 2 aromatic rings. The second-order valence-corrected chi connectivity index (χ2v) is 3.86. The average molecular weight is 233 g/mol. The number of hydrogen-bond donors (Lipinski definition) is 2. The van der Waals surface area contributed by atoms with Gasteiger partial charge in [-0.05, 0) is 0 Å². The Hall–Kier alpha value is -2.38. The summed E-state index contributed by atoms with van der Waals surface area (Å²) in [6, 6.07) is 0. The van der Waals surface area contributed by atoms with E-state index >= 15 is 0 Å². The van der Waals surface area contributed by atoms with Crippen LogP contribution in [0.5, 0.6) is 0 Å². The van der Waals surface area contributed by atoms with E-state index in [0.29, 0.717) is 31.0 Å². The maximum Gasteiger partial charge on any atom is 0.259 e. The molecule has 0 saturated carbocycles. The van der Waals surface area contributed by atoms with Crippen molar-refractivity contribution in [1.29, 1.82) is 0 Å². The molecular formula is C9H11N7O. The van der Waals surface area contributed by atoms with Crippen molar-refractivity contribution in [2.45, 2.75) is 13.1 Å². The van der Waals surface area contributed by atoms with Gasteiger partial charge >= 0.3 is 0 Å². The topological polar surface area (TPSA) is 106 Å². The first-order chi connectivity index (χ1) is 8.25. The highest BCUT2D eigenvalue weighted by atomic mass is 16.2. The van der Waals surface area contributed by atoms with Gasteiger partial charge in [0.05, 0.1) is 12.7 Å². The summed E-state index contributed by atoms with van der Waals surface area (Å²) in [4.78, 5) is 13.8. The Bertz CT molecular complexity index is 557. The van der Waals surface area contributed by atoms with E-state index in [-0.39, 0.29) is 5.91 Å². The van der Waals surface area contributed by atoms with Crippen molar-refractivity contribution in [3.63, 3.8) is 0 Å². The molecule has 0 atom stereocenters. The lowest BCUT2D eigenvalue weighted by atomic mass is 10.2. The maximum atomic E-state index is 12.1. The Kier molecular flexibility index (Phi) is 2.07. The van der Waals surface area contributed by atoms with Crippen molar-refractivity contribution < 1.29 is 4.79 Å². The van der Waals surface area contributed by atoms with Crippen LogP contribution in [0.25, 0.3) is 0 Å². The van der Waals surface area contributed by atoms with Gasteiger partial charge in [-0.15, -0.1) is 10.2 Å². The molecule has 1 amide bonds. The average Bonchev–Trinajstić information content (AvgIpc) is 2.95. The van der Waals surface area contributed by atoms with Crippen LogP contribution in [0.4, 0.5) is 5.82 Å². The smallest absolute Gasteiger partial charge is 0.259 e. The molecule has 0 spiro atoms. The van der Waals surface area contributed by atoms with E-state index in [2.05, 4.69) is 20.4 Å². The fraction of sp³-hybridized carbons (Fsp3) is 0.333. The molecule has 0 unspecified atom stereocenters. The van der Waals surface area contributed by atoms with E-state index in [1.807, 2.05) is 4.57 Å². The first-order valence-corrected chi connectivity index (χ1v) is 5.20. The highest BCUT2D eigenvalue weighted by molar-refractivity contribution is 5.98. The lowest BCUT2D eigenvalue weighted by Crippen LogP contribution is -2.38. The van der Waals surface area contributed by atoms with Crippen LogP contribution < -0.4 is 5.73 Å². The maximum absolute atomic E-state index is 12.1. The first kappa shape index (κ1) is 9.82. The molecule has 1 aliphatic rings. The predicted octanol–water partition coefficient (Wildman–Crippen LogP) is -0.761. The van der Waals surface area contributed by atoms with Crippen molar-refractivity contribution in [1.82, 2.24) is 29.9 Å². The van der Waals surface area contributed by atoms with Gasteiger partial charge < -0.3 is 15.2 Å². The summed E-state index contributed by atoms with van der Waals surface area (Å²) in [7, 11) is 0. The second kappa shape index (κ2) is 3.58. The van der Waals surface area contributed by atoms with Crippen LogP contribution in [0.15, 0.2) is 12.5 Å². The molecule has 3 N–H and O–H groups in total. The van der Waals surface area contributed by atoms with Crippen molar-refractivity contribution in [2.24, 2.45) is 0 Å². The molecule has 0 saturated heterocycles. The summed E-state index contributed by atoms with van der Waals surface area (Å²) in [5, 5.41) is 14.1. The number of aromatic nitrogens is 5. The van der Waals surface area contributed by atoms with E-state index < -0.39 is 0 Å². The number of nitrogen functional groups attached to an aromatic ring is 1. The number of anilines is 1. The fourth-order valence-corrected chi connectivity index (χ4v) is 1.88. The zero-order chi connectivity index (χ0) is 11.8. The highest BCUT2D eigenvalue weighted by Crippen LogP contribution is 2.15. The zero-order valence-electron chi connectivity index (χ0n) is 9.00. The summed E-state index contributed by atoms with van der Waals surface area (Å²) in [6.45, 7) is 1.77. The van der Waals surface area contributed by atoms with Gasteiger partial charge in [0.2, 0.25) is 0 Å². The molecule has 3 rings (SSSR count). The van der Waals surface area contributed by atoms with E-state index in [4.69, 9.17) is 5.73 Å². The fourth-order valence-electron chi connectivity index (χ4n) is 1.88. The number of carbonyl (C=O) groups excluding carboxylic acids is 1. The van der Waals surface area contributed by atoms with Gasteiger partial charge in [0.1, 0.15) is 17.7 Å². The Morgan fingerprint density at radius 3 is 3.12 bits per heavy atom. The number of fused-ring (bicyclic) bond motifs is 1. The minimum absolute atomic E-state index is 0.134. The van der Waals surface area contributed by atoms with Crippen LogP contribution in [-0.2, 0) is 13.1 Å². The lowest BCUT2D eigenvalue weighted by Gasteiger charge is -2.26. The molecule has 2 aromatic heterocycles. The lowest BCUT2D eigenvalue weighted by molar-refractivity contribution is 0.0708. The van der Waals surface area contributed by atoms with E-state index in [0.717, 1.165) is 5.82 Å².